The van der Waals surface area contributed by atoms with E-state index in [2.05, 4.69) is 10.4 Å². The summed E-state index contributed by atoms with van der Waals surface area (Å²) in [4.78, 5) is 26.1. The topological polar surface area (TPSA) is 67.2 Å². The summed E-state index contributed by atoms with van der Waals surface area (Å²) in [6.07, 6.45) is 3.54. The van der Waals surface area contributed by atoms with Crippen molar-refractivity contribution in [3.8, 4) is 0 Å². The van der Waals surface area contributed by atoms with E-state index < -0.39 is 0 Å². The van der Waals surface area contributed by atoms with Gasteiger partial charge in [0.05, 0.1) is 17.8 Å². The molecular formula is C16H17ClN4O2. The van der Waals surface area contributed by atoms with Crippen molar-refractivity contribution in [1.82, 2.24) is 14.7 Å². The van der Waals surface area contributed by atoms with Gasteiger partial charge in [-0.25, -0.2) is 0 Å². The Morgan fingerprint density at radius 3 is 2.78 bits per heavy atom. The second-order valence-electron chi connectivity index (χ2n) is 5.69. The second-order valence-corrected chi connectivity index (χ2v) is 6.13. The number of benzene rings is 1. The van der Waals surface area contributed by atoms with Crippen LogP contribution in [0.4, 0.5) is 5.69 Å². The molecule has 1 aliphatic rings. The highest BCUT2D eigenvalue weighted by atomic mass is 35.5. The number of anilines is 1. The summed E-state index contributed by atoms with van der Waals surface area (Å²) in [5.41, 5.74) is 1.64. The van der Waals surface area contributed by atoms with Crippen LogP contribution in [0.25, 0.3) is 0 Å². The van der Waals surface area contributed by atoms with E-state index in [0.29, 0.717) is 23.8 Å². The van der Waals surface area contributed by atoms with Gasteiger partial charge in [0.1, 0.15) is 0 Å². The van der Waals surface area contributed by atoms with E-state index in [0.717, 1.165) is 5.56 Å². The molecule has 1 N–H and O–H groups in total. The van der Waals surface area contributed by atoms with Crippen molar-refractivity contribution in [2.45, 2.75) is 13.0 Å². The molecule has 1 fully saturated rings. The zero-order valence-electron chi connectivity index (χ0n) is 12.7. The quantitative estimate of drug-likeness (QED) is 0.932. The molecule has 2 heterocycles. The number of carbonyl (C=O) groups excluding carboxylic acids is 2. The standard InChI is InChI=1S/C16H17ClN4O2/c1-20-10-14(7-18-20)19-16(23)12-6-15(22)21(9-12)8-11-2-4-13(17)5-3-11/h2-5,7,10,12H,6,8-9H2,1H3,(H,19,23). The predicted octanol–water partition coefficient (Wildman–Crippen LogP) is 2.06. The number of likely N-dealkylation sites (tertiary alicyclic amines) is 1. The fourth-order valence-electron chi connectivity index (χ4n) is 2.64. The van der Waals surface area contributed by atoms with E-state index in [-0.39, 0.29) is 24.2 Å². The number of nitrogens with zero attached hydrogens (tertiary/aromatic N) is 3. The Morgan fingerprint density at radius 2 is 2.13 bits per heavy atom. The summed E-state index contributed by atoms with van der Waals surface area (Å²) in [7, 11) is 1.78. The summed E-state index contributed by atoms with van der Waals surface area (Å²) in [5.74, 6) is -0.494. The van der Waals surface area contributed by atoms with E-state index in [9.17, 15) is 9.59 Å². The smallest absolute Gasteiger partial charge is 0.229 e. The molecule has 6 nitrogen and oxygen atoms in total. The van der Waals surface area contributed by atoms with Crippen LogP contribution in [0.3, 0.4) is 0 Å². The van der Waals surface area contributed by atoms with Crippen LogP contribution >= 0.6 is 11.6 Å². The lowest BCUT2D eigenvalue weighted by Crippen LogP contribution is -2.27. The molecule has 1 atom stereocenters. The molecule has 0 spiro atoms. The molecule has 0 radical (unpaired) electrons. The average Bonchev–Trinajstić information content (AvgIpc) is 3.08. The van der Waals surface area contributed by atoms with Crippen molar-refractivity contribution in [2.24, 2.45) is 13.0 Å². The van der Waals surface area contributed by atoms with Crippen LogP contribution in [-0.4, -0.2) is 33.0 Å². The fraction of sp³-hybridized carbons (Fsp3) is 0.312. The molecule has 23 heavy (non-hydrogen) atoms. The SMILES string of the molecule is Cn1cc(NC(=O)C2CC(=O)N(Cc3ccc(Cl)cc3)C2)cn1. The molecule has 120 valence electrons. The van der Waals surface area contributed by atoms with Gasteiger partial charge in [0.15, 0.2) is 0 Å². The van der Waals surface area contributed by atoms with Gasteiger partial charge in [0.2, 0.25) is 11.8 Å². The number of halogens is 1. The van der Waals surface area contributed by atoms with Crippen molar-refractivity contribution in [1.29, 1.82) is 0 Å². The lowest BCUT2D eigenvalue weighted by atomic mass is 10.1. The van der Waals surface area contributed by atoms with Crippen LogP contribution in [0.5, 0.6) is 0 Å². The minimum absolute atomic E-state index is 0.00807. The Morgan fingerprint density at radius 1 is 1.39 bits per heavy atom. The molecule has 1 unspecified atom stereocenters. The van der Waals surface area contributed by atoms with Crippen LogP contribution in [0, 0.1) is 5.92 Å². The average molecular weight is 333 g/mol. The van der Waals surface area contributed by atoms with Crippen LogP contribution < -0.4 is 5.32 Å². The summed E-state index contributed by atoms with van der Waals surface area (Å²) >= 11 is 5.86. The molecule has 0 aliphatic carbocycles. The predicted molar refractivity (Wildman–Crippen MR) is 86.8 cm³/mol. The Balaban J connectivity index is 1.60. The first kappa shape index (κ1) is 15.6. The van der Waals surface area contributed by atoms with Gasteiger partial charge >= 0.3 is 0 Å². The van der Waals surface area contributed by atoms with Gasteiger partial charge in [-0.1, -0.05) is 23.7 Å². The van der Waals surface area contributed by atoms with Crippen LogP contribution in [0.15, 0.2) is 36.7 Å². The summed E-state index contributed by atoms with van der Waals surface area (Å²) in [6.45, 7) is 0.917. The normalized spacial score (nSPS) is 17.6. The van der Waals surface area contributed by atoms with E-state index in [1.165, 1.54) is 0 Å². The third-order valence-electron chi connectivity index (χ3n) is 3.84. The maximum Gasteiger partial charge on any atom is 0.229 e. The lowest BCUT2D eigenvalue weighted by molar-refractivity contribution is -0.128. The molecule has 3 rings (SSSR count). The number of carbonyl (C=O) groups is 2. The summed E-state index contributed by atoms with van der Waals surface area (Å²) in [6, 6.07) is 7.37. The zero-order valence-corrected chi connectivity index (χ0v) is 13.5. The van der Waals surface area contributed by atoms with Gasteiger partial charge in [0, 0.05) is 37.8 Å². The van der Waals surface area contributed by atoms with E-state index in [4.69, 9.17) is 11.6 Å². The molecule has 1 aromatic heterocycles. The van der Waals surface area contributed by atoms with Crippen LogP contribution in [-0.2, 0) is 23.2 Å². The first-order valence-electron chi connectivity index (χ1n) is 7.33. The first-order valence-corrected chi connectivity index (χ1v) is 7.71. The van der Waals surface area contributed by atoms with Gasteiger partial charge in [-0.15, -0.1) is 0 Å². The molecule has 1 aliphatic heterocycles. The summed E-state index contributed by atoms with van der Waals surface area (Å²) in [5, 5.41) is 7.46. The third kappa shape index (κ3) is 3.71. The minimum atomic E-state index is -0.338. The number of nitrogens with one attached hydrogen (secondary N) is 1. The Labute approximate surface area is 139 Å². The van der Waals surface area contributed by atoms with E-state index >= 15 is 0 Å². The van der Waals surface area contributed by atoms with Crippen molar-refractivity contribution in [3.05, 3.63) is 47.2 Å². The minimum Gasteiger partial charge on any atom is -0.338 e. The number of amides is 2. The highest BCUT2D eigenvalue weighted by molar-refractivity contribution is 6.30. The molecule has 0 saturated carbocycles. The first-order chi connectivity index (χ1) is 11.0. The van der Waals surface area contributed by atoms with Crippen LogP contribution in [0.2, 0.25) is 5.02 Å². The highest BCUT2D eigenvalue weighted by Gasteiger charge is 2.34. The monoisotopic (exact) mass is 332 g/mol. The molecule has 0 bridgehead atoms. The third-order valence-corrected chi connectivity index (χ3v) is 4.10. The Kier molecular flexibility index (Phi) is 4.34. The van der Waals surface area contributed by atoms with Gasteiger partial charge in [0.25, 0.3) is 0 Å². The maximum atomic E-state index is 12.3. The van der Waals surface area contributed by atoms with Gasteiger partial charge < -0.3 is 10.2 Å². The van der Waals surface area contributed by atoms with Gasteiger partial charge in [-0.2, -0.15) is 5.10 Å². The zero-order chi connectivity index (χ0) is 16.4. The Bertz CT molecular complexity index is 726. The molecule has 7 heteroatoms. The molecule has 1 aromatic carbocycles. The lowest BCUT2D eigenvalue weighted by Gasteiger charge is -2.16. The van der Waals surface area contributed by atoms with Crippen molar-refractivity contribution in [2.75, 3.05) is 11.9 Å². The second kappa shape index (κ2) is 6.42. The largest absolute Gasteiger partial charge is 0.338 e. The molecule has 2 amide bonds. The van der Waals surface area contributed by atoms with Gasteiger partial charge in [-0.05, 0) is 17.7 Å². The van der Waals surface area contributed by atoms with Gasteiger partial charge in [-0.3, -0.25) is 14.3 Å². The van der Waals surface area contributed by atoms with E-state index in [1.807, 2.05) is 12.1 Å². The Hall–Kier alpha value is -2.34. The number of aromatic nitrogens is 2. The number of hydrogen-bond acceptors (Lipinski definition) is 3. The number of hydrogen-bond donors (Lipinski definition) is 1. The van der Waals surface area contributed by atoms with Crippen molar-refractivity contribution in [3.63, 3.8) is 0 Å². The molecular weight excluding hydrogens is 316 g/mol. The maximum absolute atomic E-state index is 12.3. The number of rotatable bonds is 4. The van der Waals surface area contributed by atoms with E-state index in [1.54, 1.807) is 41.2 Å². The fourth-order valence-corrected chi connectivity index (χ4v) is 2.77. The molecule has 2 aromatic rings. The van der Waals surface area contributed by atoms with Crippen molar-refractivity contribution < 1.29 is 9.59 Å². The molecule has 1 saturated heterocycles. The van der Waals surface area contributed by atoms with Crippen molar-refractivity contribution >= 4 is 29.1 Å². The highest BCUT2D eigenvalue weighted by Crippen LogP contribution is 2.22. The summed E-state index contributed by atoms with van der Waals surface area (Å²) < 4.78 is 1.61. The number of aryl methyl sites for hydroxylation is 1. The van der Waals surface area contributed by atoms with Crippen LogP contribution in [0.1, 0.15) is 12.0 Å².